The van der Waals surface area contributed by atoms with Crippen LogP contribution in [0.1, 0.15) is 25.5 Å². The van der Waals surface area contributed by atoms with Crippen molar-refractivity contribution in [3.05, 3.63) is 5.69 Å². The van der Waals surface area contributed by atoms with Gasteiger partial charge in [0.1, 0.15) is 0 Å². The molecule has 2 heterocycles. The Hall–Kier alpha value is -1.56. The normalized spacial score (nSPS) is 15.6. The molecule has 6 nitrogen and oxygen atoms in total. The van der Waals surface area contributed by atoms with Gasteiger partial charge in [-0.15, -0.1) is 0 Å². The summed E-state index contributed by atoms with van der Waals surface area (Å²) >= 11 is 0. The van der Waals surface area contributed by atoms with E-state index in [2.05, 4.69) is 27.1 Å². The fourth-order valence-electron chi connectivity index (χ4n) is 2.32. The van der Waals surface area contributed by atoms with Gasteiger partial charge in [-0.05, 0) is 12.8 Å². The maximum atomic E-state index is 5.84. The van der Waals surface area contributed by atoms with Gasteiger partial charge in [0.15, 0.2) is 11.6 Å². The van der Waals surface area contributed by atoms with E-state index in [1.807, 2.05) is 0 Å². The van der Waals surface area contributed by atoms with Crippen molar-refractivity contribution in [2.45, 2.75) is 26.2 Å². The molecule has 1 aromatic rings. The summed E-state index contributed by atoms with van der Waals surface area (Å²) in [4.78, 5) is 10.9. The molecular weight excluding hydrogens is 242 g/mol. The number of rotatable bonds is 5. The zero-order valence-corrected chi connectivity index (χ0v) is 11.8. The number of ether oxygens (including phenoxy) is 1. The third-order valence-electron chi connectivity index (χ3n) is 3.32. The Kier molecular flexibility index (Phi) is 4.79. The number of aryl methyl sites for hydroxylation is 1. The molecule has 0 aromatic carbocycles. The Morgan fingerprint density at radius 2 is 2.05 bits per heavy atom. The molecule has 1 saturated heterocycles. The molecule has 0 spiro atoms. The van der Waals surface area contributed by atoms with Crippen LogP contribution in [0.4, 0.5) is 11.8 Å². The van der Waals surface area contributed by atoms with E-state index < -0.39 is 0 Å². The molecule has 0 radical (unpaired) electrons. The third kappa shape index (κ3) is 3.26. The monoisotopic (exact) mass is 265 g/mol. The number of hydrogen-bond acceptors (Lipinski definition) is 6. The molecule has 0 unspecified atom stereocenters. The van der Waals surface area contributed by atoms with Crippen LogP contribution in [0.2, 0.25) is 0 Å². The lowest BCUT2D eigenvalue weighted by molar-refractivity contribution is 0.402. The van der Waals surface area contributed by atoms with Crippen LogP contribution in [0.25, 0.3) is 0 Å². The molecule has 19 heavy (non-hydrogen) atoms. The van der Waals surface area contributed by atoms with E-state index in [-0.39, 0.29) is 0 Å². The fraction of sp³-hybridized carbons (Fsp3) is 0.692. The van der Waals surface area contributed by atoms with Gasteiger partial charge in [-0.2, -0.15) is 4.98 Å². The number of anilines is 2. The first-order valence-corrected chi connectivity index (χ1v) is 6.92. The van der Waals surface area contributed by atoms with Gasteiger partial charge < -0.3 is 20.7 Å². The van der Waals surface area contributed by atoms with E-state index in [1.165, 1.54) is 0 Å². The number of aromatic nitrogens is 2. The molecule has 3 N–H and O–H groups in total. The second-order valence-corrected chi connectivity index (χ2v) is 4.73. The number of nitrogens with zero attached hydrogens (tertiary/aromatic N) is 3. The van der Waals surface area contributed by atoms with E-state index in [0.29, 0.717) is 5.95 Å². The number of piperazine rings is 1. The van der Waals surface area contributed by atoms with Gasteiger partial charge in [0.25, 0.3) is 0 Å². The predicted molar refractivity (Wildman–Crippen MR) is 76.7 cm³/mol. The number of unbranched alkanes of at least 4 members (excludes halogenated alkanes) is 1. The number of methoxy groups -OCH3 is 1. The highest BCUT2D eigenvalue weighted by Gasteiger charge is 2.20. The van der Waals surface area contributed by atoms with Gasteiger partial charge in [0, 0.05) is 26.2 Å². The van der Waals surface area contributed by atoms with Crippen LogP contribution in [0, 0.1) is 0 Å². The molecule has 0 saturated carbocycles. The number of hydrogen-bond donors (Lipinski definition) is 2. The van der Waals surface area contributed by atoms with Gasteiger partial charge in [-0.25, -0.2) is 4.98 Å². The highest BCUT2D eigenvalue weighted by molar-refractivity contribution is 5.57. The molecule has 0 amide bonds. The maximum Gasteiger partial charge on any atom is 0.222 e. The van der Waals surface area contributed by atoms with Crippen molar-refractivity contribution in [2.75, 3.05) is 43.9 Å². The average molecular weight is 265 g/mol. The first-order valence-electron chi connectivity index (χ1n) is 6.92. The number of nitrogen functional groups attached to an aromatic ring is 1. The van der Waals surface area contributed by atoms with Crippen LogP contribution in [-0.4, -0.2) is 43.3 Å². The molecular formula is C13H23N5O. The third-order valence-corrected chi connectivity index (χ3v) is 3.32. The van der Waals surface area contributed by atoms with Crippen molar-refractivity contribution >= 4 is 11.8 Å². The quantitative estimate of drug-likeness (QED) is 0.821. The molecule has 1 aromatic heterocycles. The summed E-state index contributed by atoms with van der Waals surface area (Å²) < 4.78 is 5.54. The van der Waals surface area contributed by atoms with Gasteiger partial charge >= 0.3 is 0 Å². The second kappa shape index (κ2) is 6.56. The van der Waals surface area contributed by atoms with Crippen molar-refractivity contribution in [1.29, 1.82) is 0 Å². The Labute approximate surface area is 114 Å². The smallest absolute Gasteiger partial charge is 0.222 e. The minimum atomic E-state index is 0.334. The molecule has 1 aliphatic heterocycles. The average Bonchev–Trinajstić information content (AvgIpc) is 2.45. The van der Waals surface area contributed by atoms with Crippen LogP contribution in [0.5, 0.6) is 5.75 Å². The van der Waals surface area contributed by atoms with Crippen LogP contribution in [-0.2, 0) is 6.42 Å². The summed E-state index contributed by atoms with van der Waals surface area (Å²) in [5.41, 5.74) is 6.76. The number of nitrogens with two attached hydrogens (primary N) is 1. The predicted octanol–water partition coefficient (Wildman–Crippen LogP) is 0.820. The second-order valence-electron chi connectivity index (χ2n) is 4.73. The van der Waals surface area contributed by atoms with Gasteiger partial charge in [-0.3, -0.25) is 0 Å². The molecule has 0 bridgehead atoms. The standard InChI is InChI=1S/C13H23N5O/c1-3-4-5-10-11(19-2)12(17-13(14)16-10)18-8-6-15-7-9-18/h15H,3-9H2,1-2H3,(H2,14,16,17). The maximum absolute atomic E-state index is 5.84. The molecule has 0 aliphatic carbocycles. The van der Waals surface area contributed by atoms with E-state index in [1.54, 1.807) is 7.11 Å². The van der Waals surface area contributed by atoms with E-state index >= 15 is 0 Å². The summed E-state index contributed by atoms with van der Waals surface area (Å²) in [5.74, 6) is 1.95. The largest absolute Gasteiger partial charge is 0.491 e. The molecule has 1 aliphatic rings. The lowest BCUT2D eigenvalue weighted by Gasteiger charge is -2.30. The SMILES string of the molecule is CCCCc1nc(N)nc(N2CCNCC2)c1OC. The van der Waals surface area contributed by atoms with E-state index in [4.69, 9.17) is 10.5 Å². The Bertz CT molecular complexity index is 418. The summed E-state index contributed by atoms with van der Waals surface area (Å²) in [6.45, 7) is 5.91. The minimum absolute atomic E-state index is 0.334. The van der Waals surface area contributed by atoms with E-state index in [9.17, 15) is 0 Å². The lowest BCUT2D eigenvalue weighted by Crippen LogP contribution is -2.44. The zero-order valence-electron chi connectivity index (χ0n) is 11.8. The first-order chi connectivity index (χ1) is 9.26. The fourth-order valence-corrected chi connectivity index (χ4v) is 2.32. The summed E-state index contributed by atoms with van der Waals surface area (Å²) in [7, 11) is 1.68. The van der Waals surface area contributed by atoms with E-state index in [0.717, 1.165) is 62.7 Å². The van der Waals surface area contributed by atoms with Crippen molar-refractivity contribution < 1.29 is 4.74 Å². The van der Waals surface area contributed by atoms with Crippen LogP contribution in [0.15, 0.2) is 0 Å². The van der Waals surface area contributed by atoms with Crippen molar-refractivity contribution in [1.82, 2.24) is 15.3 Å². The van der Waals surface area contributed by atoms with Crippen molar-refractivity contribution in [2.24, 2.45) is 0 Å². The summed E-state index contributed by atoms with van der Waals surface area (Å²) in [6, 6.07) is 0. The zero-order chi connectivity index (χ0) is 13.7. The number of nitrogens with one attached hydrogen (secondary N) is 1. The Balaban J connectivity index is 2.31. The lowest BCUT2D eigenvalue weighted by atomic mass is 10.1. The molecule has 0 atom stereocenters. The minimum Gasteiger partial charge on any atom is -0.491 e. The highest BCUT2D eigenvalue weighted by atomic mass is 16.5. The Morgan fingerprint density at radius 3 is 2.68 bits per heavy atom. The van der Waals surface area contributed by atoms with Crippen LogP contribution in [0.3, 0.4) is 0 Å². The van der Waals surface area contributed by atoms with Crippen molar-refractivity contribution in [3.8, 4) is 5.75 Å². The molecule has 6 heteroatoms. The highest BCUT2D eigenvalue weighted by Crippen LogP contribution is 2.31. The Morgan fingerprint density at radius 1 is 1.32 bits per heavy atom. The molecule has 2 rings (SSSR count). The van der Waals surface area contributed by atoms with Gasteiger partial charge in [0.05, 0.1) is 12.8 Å². The summed E-state index contributed by atoms with van der Waals surface area (Å²) in [6.07, 6.45) is 3.08. The van der Waals surface area contributed by atoms with Gasteiger partial charge in [-0.1, -0.05) is 13.3 Å². The van der Waals surface area contributed by atoms with Crippen LogP contribution >= 0.6 is 0 Å². The molecule has 1 fully saturated rings. The van der Waals surface area contributed by atoms with Crippen molar-refractivity contribution in [3.63, 3.8) is 0 Å². The summed E-state index contributed by atoms with van der Waals surface area (Å²) in [5, 5.41) is 3.33. The first kappa shape index (κ1) is 13.9. The molecule has 106 valence electrons. The van der Waals surface area contributed by atoms with Crippen LogP contribution < -0.4 is 20.7 Å². The van der Waals surface area contributed by atoms with Gasteiger partial charge in [0.2, 0.25) is 5.95 Å². The topological polar surface area (TPSA) is 76.3 Å².